The Balaban J connectivity index is 2.19. The molecule has 2 heteroatoms. The second kappa shape index (κ2) is 6.50. The van der Waals surface area contributed by atoms with E-state index in [1.54, 1.807) is 0 Å². The summed E-state index contributed by atoms with van der Waals surface area (Å²) >= 11 is 0. The Labute approximate surface area is 115 Å². The fourth-order valence-corrected chi connectivity index (χ4v) is 2.24. The lowest BCUT2D eigenvalue weighted by Gasteiger charge is -2.10. The highest BCUT2D eigenvalue weighted by atomic mass is 15.0. The van der Waals surface area contributed by atoms with Gasteiger partial charge in [-0.3, -0.25) is 0 Å². The summed E-state index contributed by atoms with van der Waals surface area (Å²) in [6, 6.07) is 17.4. The molecule has 0 aliphatic rings. The van der Waals surface area contributed by atoms with Crippen LogP contribution in [0.4, 0.5) is 0 Å². The third-order valence-corrected chi connectivity index (χ3v) is 3.15. The van der Waals surface area contributed by atoms with Crippen LogP contribution >= 0.6 is 0 Å². The van der Waals surface area contributed by atoms with E-state index in [1.807, 2.05) is 0 Å². The first kappa shape index (κ1) is 13.8. The molecule has 19 heavy (non-hydrogen) atoms. The molecule has 0 heterocycles. The third-order valence-electron chi connectivity index (χ3n) is 3.15. The average molecular weight is 254 g/mol. The van der Waals surface area contributed by atoms with Crippen molar-refractivity contribution < 1.29 is 0 Å². The molecule has 100 valence electrons. The molecule has 0 fully saturated rings. The minimum atomic E-state index is 0.700. The minimum absolute atomic E-state index is 0.700. The molecule has 0 saturated carbocycles. The van der Waals surface area contributed by atoms with Gasteiger partial charge in [-0.2, -0.15) is 0 Å². The molecule has 0 aliphatic heterocycles. The smallest absolute Gasteiger partial charge is 0.0227 e. The highest BCUT2D eigenvalue weighted by Gasteiger charge is 2.00. The molecule has 0 spiro atoms. The van der Waals surface area contributed by atoms with Crippen molar-refractivity contribution >= 4 is 0 Å². The summed E-state index contributed by atoms with van der Waals surface area (Å²) in [5, 5.41) is 0. The summed E-state index contributed by atoms with van der Waals surface area (Å²) in [6.45, 7) is 1.68. The van der Waals surface area contributed by atoms with E-state index in [1.165, 1.54) is 22.3 Å². The average Bonchev–Trinajstić information content (AvgIpc) is 2.40. The maximum Gasteiger partial charge on any atom is 0.0227 e. The Kier molecular flexibility index (Phi) is 4.72. The van der Waals surface area contributed by atoms with Crippen LogP contribution in [0.2, 0.25) is 0 Å². The van der Waals surface area contributed by atoms with Crippen molar-refractivity contribution in [2.45, 2.75) is 13.0 Å². The summed E-state index contributed by atoms with van der Waals surface area (Å²) in [5.74, 6) is 0. The van der Waals surface area contributed by atoms with Crippen LogP contribution in [0, 0.1) is 0 Å². The van der Waals surface area contributed by atoms with E-state index in [0.29, 0.717) is 6.54 Å². The summed E-state index contributed by atoms with van der Waals surface area (Å²) in [5.41, 5.74) is 10.8. The first-order chi connectivity index (χ1) is 9.19. The van der Waals surface area contributed by atoms with Crippen LogP contribution in [0.25, 0.3) is 11.1 Å². The normalized spacial score (nSPS) is 10.9. The van der Waals surface area contributed by atoms with Gasteiger partial charge in [-0.1, -0.05) is 48.5 Å². The Hall–Kier alpha value is -1.64. The lowest BCUT2D eigenvalue weighted by Crippen LogP contribution is -2.10. The topological polar surface area (TPSA) is 29.3 Å². The van der Waals surface area contributed by atoms with Gasteiger partial charge in [0.05, 0.1) is 0 Å². The zero-order valence-electron chi connectivity index (χ0n) is 11.8. The molecule has 2 aromatic carbocycles. The molecular weight excluding hydrogens is 232 g/mol. The fraction of sp³-hybridized carbons (Fsp3) is 0.294. The third kappa shape index (κ3) is 3.91. The molecule has 0 bridgehead atoms. The lowest BCUT2D eigenvalue weighted by atomic mass is 10.0. The Morgan fingerprint density at radius 1 is 0.895 bits per heavy atom. The summed E-state index contributed by atoms with van der Waals surface area (Å²) in [7, 11) is 4.18. The monoisotopic (exact) mass is 254 g/mol. The van der Waals surface area contributed by atoms with Crippen molar-refractivity contribution in [1.29, 1.82) is 0 Å². The van der Waals surface area contributed by atoms with Gasteiger partial charge in [0.15, 0.2) is 0 Å². The predicted octanol–water partition coefficient (Wildman–Crippen LogP) is 2.92. The summed E-state index contributed by atoms with van der Waals surface area (Å²) < 4.78 is 0. The maximum absolute atomic E-state index is 5.61. The highest BCUT2D eigenvalue weighted by Crippen LogP contribution is 2.21. The summed E-state index contributed by atoms with van der Waals surface area (Å²) in [6.07, 6.45) is 0.937. The zero-order valence-corrected chi connectivity index (χ0v) is 11.8. The summed E-state index contributed by atoms with van der Waals surface area (Å²) in [4.78, 5) is 2.18. The van der Waals surface area contributed by atoms with Gasteiger partial charge < -0.3 is 10.6 Å². The quantitative estimate of drug-likeness (QED) is 0.889. The van der Waals surface area contributed by atoms with Crippen LogP contribution in [0.1, 0.15) is 11.1 Å². The molecule has 2 N–H and O–H groups in total. The van der Waals surface area contributed by atoms with Gasteiger partial charge >= 0.3 is 0 Å². The van der Waals surface area contributed by atoms with Crippen molar-refractivity contribution in [3.63, 3.8) is 0 Å². The van der Waals surface area contributed by atoms with E-state index in [0.717, 1.165) is 13.0 Å². The molecule has 0 aliphatic carbocycles. The number of rotatable bonds is 5. The van der Waals surface area contributed by atoms with Gasteiger partial charge in [-0.15, -0.1) is 0 Å². The molecule has 0 unspecified atom stereocenters. The SMILES string of the molecule is CN(C)Cc1ccc(-c2cccc(CCN)c2)cc1. The van der Waals surface area contributed by atoms with E-state index in [-0.39, 0.29) is 0 Å². The van der Waals surface area contributed by atoms with E-state index in [2.05, 4.69) is 67.5 Å². The molecule has 0 amide bonds. The van der Waals surface area contributed by atoms with Crippen LogP contribution in [0.5, 0.6) is 0 Å². The minimum Gasteiger partial charge on any atom is -0.330 e. The number of benzene rings is 2. The first-order valence-corrected chi connectivity index (χ1v) is 6.72. The largest absolute Gasteiger partial charge is 0.330 e. The van der Waals surface area contributed by atoms with E-state index < -0.39 is 0 Å². The van der Waals surface area contributed by atoms with Crippen molar-refractivity contribution in [1.82, 2.24) is 4.90 Å². The molecule has 2 aromatic rings. The van der Waals surface area contributed by atoms with Crippen LogP contribution < -0.4 is 5.73 Å². The van der Waals surface area contributed by atoms with Gasteiger partial charge in [-0.25, -0.2) is 0 Å². The fourth-order valence-electron chi connectivity index (χ4n) is 2.24. The van der Waals surface area contributed by atoms with Crippen molar-refractivity contribution in [2.24, 2.45) is 5.73 Å². The molecule has 2 rings (SSSR count). The number of nitrogens with two attached hydrogens (primary N) is 1. The van der Waals surface area contributed by atoms with Gasteiger partial charge in [0.2, 0.25) is 0 Å². The van der Waals surface area contributed by atoms with Gasteiger partial charge in [0.1, 0.15) is 0 Å². The van der Waals surface area contributed by atoms with Crippen LogP contribution in [0.3, 0.4) is 0 Å². The Morgan fingerprint density at radius 2 is 1.63 bits per heavy atom. The Morgan fingerprint density at radius 3 is 2.26 bits per heavy atom. The van der Waals surface area contributed by atoms with Gasteiger partial charge in [0.25, 0.3) is 0 Å². The first-order valence-electron chi connectivity index (χ1n) is 6.72. The van der Waals surface area contributed by atoms with E-state index in [9.17, 15) is 0 Å². The van der Waals surface area contributed by atoms with Crippen LogP contribution in [0.15, 0.2) is 48.5 Å². The van der Waals surface area contributed by atoms with E-state index in [4.69, 9.17) is 5.73 Å². The van der Waals surface area contributed by atoms with Gasteiger partial charge in [0, 0.05) is 6.54 Å². The second-order valence-corrected chi connectivity index (χ2v) is 5.17. The molecule has 2 nitrogen and oxygen atoms in total. The lowest BCUT2D eigenvalue weighted by molar-refractivity contribution is 0.402. The second-order valence-electron chi connectivity index (χ2n) is 5.17. The number of nitrogens with zero attached hydrogens (tertiary/aromatic N) is 1. The Bertz CT molecular complexity index is 515. The zero-order chi connectivity index (χ0) is 13.7. The van der Waals surface area contributed by atoms with Crippen molar-refractivity contribution in [3.05, 3.63) is 59.7 Å². The highest BCUT2D eigenvalue weighted by molar-refractivity contribution is 5.64. The van der Waals surface area contributed by atoms with Crippen molar-refractivity contribution in [3.8, 4) is 11.1 Å². The molecule has 0 saturated heterocycles. The number of hydrogen-bond acceptors (Lipinski definition) is 2. The van der Waals surface area contributed by atoms with E-state index >= 15 is 0 Å². The predicted molar refractivity (Wildman–Crippen MR) is 82.0 cm³/mol. The number of hydrogen-bond donors (Lipinski definition) is 1. The molecule has 0 aromatic heterocycles. The van der Waals surface area contributed by atoms with Crippen LogP contribution in [-0.4, -0.2) is 25.5 Å². The molecular formula is C17H22N2. The standard InChI is InChI=1S/C17H22N2/c1-19(2)13-15-6-8-16(9-7-15)17-5-3-4-14(12-17)10-11-18/h3-9,12H,10-11,13,18H2,1-2H3. The van der Waals surface area contributed by atoms with Crippen LogP contribution in [-0.2, 0) is 13.0 Å². The molecule has 0 radical (unpaired) electrons. The van der Waals surface area contributed by atoms with Gasteiger partial charge in [-0.05, 0) is 49.3 Å². The van der Waals surface area contributed by atoms with Crippen molar-refractivity contribution in [2.75, 3.05) is 20.6 Å². The maximum atomic E-state index is 5.61. The molecule has 0 atom stereocenters.